The van der Waals surface area contributed by atoms with Gasteiger partial charge in [-0.05, 0) is 34.9 Å². The van der Waals surface area contributed by atoms with Crippen molar-refractivity contribution >= 4 is 29.6 Å². The van der Waals surface area contributed by atoms with Gasteiger partial charge in [-0.25, -0.2) is 4.68 Å². The Morgan fingerprint density at radius 1 is 0.931 bits per heavy atom. The van der Waals surface area contributed by atoms with Gasteiger partial charge in [0, 0.05) is 6.20 Å². The lowest BCUT2D eigenvalue weighted by Crippen LogP contribution is -2.13. The van der Waals surface area contributed by atoms with Gasteiger partial charge in [-0.1, -0.05) is 71.9 Å². The van der Waals surface area contributed by atoms with E-state index in [1.807, 2.05) is 78.9 Å². The van der Waals surface area contributed by atoms with Crippen LogP contribution in [0.4, 0.5) is 11.4 Å². The number of hydrogen-bond acceptors (Lipinski definition) is 4. The molecule has 1 heterocycles. The standard InChI is InChI=1S/C23H19N5O/c24-20-12-11-19(18-9-5-2-6-10-18)15-21(20)25-23(29)22-16-28(27-26-22)14-13-17-7-3-1-4-8-17/h1-16H,24H2,(H,25,29)/b14-13+. The average molecular weight is 381 g/mol. The lowest BCUT2D eigenvalue weighted by molar-refractivity contribution is 0.102. The minimum Gasteiger partial charge on any atom is -0.397 e. The second kappa shape index (κ2) is 8.22. The van der Waals surface area contributed by atoms with Crippen LogP contribution in [-0.2, 0) is 0 Å². The number of anilines is 2. The van der Waals surface area contributed by atoms with Gasteiger partial charge in [0.25, 0.3) is 5.91 Å². The second-order valence-electron chi connectivity index (χ2n) is 6.43. The zero-order chi connectivity index (χ0) is 20.1. The van der Waals surface area contributed by atoms with Crippen molar-refractivity contribution in [1.29, 1.82) is 0 Å². The lowest BCUT2D eigenvalue weighted by atomic mass is 10.0. The Balaban J connectivity index is 1.50. The molecule has 0 spiro atoms. The summed E-state index contributed by atoms with van der Waals surface area (Å²) >= 11 is 0. The summed E-state index contributed by atoms with van der Waals surface area (Å²) in [6.07, 6.45) is 5.19. The Labute approximate surface area is 168 Å². The highest BCUT2D eigenvalue weighted by Gasteiger charge is 2.13. The van der Waals surface area contributed by atoms with Crippen molar-refractivity contribution in [1.82, 2.24) is 15.0 Å². The summed E-state index contributed by atoms with van der Waals surface area (Å²) in [5.74, 6) is -0.374. The van der Waals surface area contributed by atoms with Crippen molar-refractivity contribution in [3.05, 3.63) is 96.3 Å². The first-order chi connectivity index (χ1) is 14.2. The lowest BCUT2D eigenvalue weighted by Gasteiger charge is -2.09. The molecule has 6 heteroatoms. The topological polar surface area (TPSA) is 85.8 Å². The fourth-order valence-corrected chi connectivity index (χ4v) is 2.84. The van der Waals surface area contributed by atoms with E-state index in [9.17, 15) is 4.79 Å². The Hall–Kier alpha value is -4.19. The number of nitrogens with zero attached hydrogens (tertiary/aromatic N) is 3. The maximum atomic E-state index is 12.6. The number of hydrogen-bond donors (Lipinski definition) is 2. The van der Waals surface area contributed by atoms with Gasteiger partial charge >= 0.3 is 0 Å². The fourth-order valence-electron chi connectivity index (χ4n) is 2.84. The molecule has 1 amide bonds. The highest BCUT2D eigenvalue weighted by molar-refractivity contribution is 6.04. The van der Waals surface area contributed by atoms with E-state index in [0.29, 0.717) is 11.4 Å². The van der Waals surface area contributed by atoms with Crippen LogP contribution in [0.5, 0.6) is 0 Å². The van der Waals surface area contributed by atoms with Crippen LogP contribution >= 0.6 is 0 Å². The number of amides is 1. The maximum Gasteiger partial charge on any atom is 0.277 e. The number of rotatable bonds is 5. The van der Waals surface area contributed by atoms with E-state index in [1.165, 1.54) is 4.68 Å². The SMILES string of the molecule is Nc1ccc(-c2ccccc2)cc1NC(=O)c1cn(/C=C/c2ccccc2)nn1. The predicted octanol–water partition coefficient (Wildman–Crippen LogP) is 4.41. The number of carbonyl (C=O) groups excluding carboxylic acids is 1. The summed E-state index contributed by atoms with van der Waals surface area (Å²) < 4.78 is 1.49. The molecule has 0 aliphatic rings. The summed E-state index contributed by atoms with van der Waals surface area (Å²) in [7, 11) is 0. The van der Waals surface area contributed by atoms with Crippen LogP contribution in [0.25, 0.3) is 23.4 Å². The molecule has 3 N–H and O–H groups in total. The van der Waals surface area contributed by atoms with Crippen molar-refractivity contribution in [2.75, 3.05) is 11.1 Å². The molecule has 0 aliphatic carbocycles. The third kappa shape index (κ3) is 4.39. The smallest absolute Gasteiger partial charge is 0.277 e. The van der Waals surface area contributed by atoms with Crippen LogP contribution in [0.1, 0.15) is 16.1 Å². The molecule has 142 valence electrons. The maximum absolute atomic E-state index is 12.6. The number of nitrogens with two attached hydrogens (primary N) is 1. The van der Waals surface area contributed by atoms with Crippen LogP contribution in [0.2, 0.25) is 0 Å². The molecule has 4 aromatic rings. The Kier molecular flexibility index (Phi) is 5.16. The third-order valence-corrected chi connectivity index (χ3v) is 4.37. The Morgan fingerprint density at radius 3 is 2.41 bits per heavy atom. The second-order valence-corrected chi connectivity index (χ2v) is 6.43. The Bertz CT molecular complexity index is 1150. The number of aromatic nitrogens is 3. The van der Waals surface area contributed by atoms with E-state index in [-0.39, 0.29) is 11.6 Å². The molecular weight excluding hydrogens is 362 g/mol. The summed E-state index contributed by atoms with van der Waals surface area (Å²) in [5.41, 5.74) is 10.3. The molecule has 4 rings (SSSR count). The monoisotopic (exact) mass is 381 g/mol. The molecule has 0 radical (unpaired) electrons. The van der Waals surface area contributed by atoms with Crippen molar-refractivity contribution in [2.24, 2.45) is 0 Å². The van der Waals surface area contributed by atoms with Gasteiger partial charge in [0.2, 0.25) is 0 Å². The first-order valence-electron chi connectivity index (χ1n) is 9.10. The van der Waals surface area contributed by atoms with Gasteiger partial charge in [-0.3, -0.25) is 4.79 Å². The van der Waals surface area contributed by atoms with Gasteiger partial charge in [0.1, 0.15) is 0 Å². The van der Waals surface area contributed by atoms with E-state index in [4.69, 9.17) is 5.73 Å². The first-order valence-corrected chi connectivity index (χ1v) is 9.10. The number of nitrogens with one attached hydrogen (secondary N) is 1. The van der Waals surface area contributed by atoms with Gasteiger partial charge in [-0.15, -0.1) is 5.10 Å². The van der Waals surface area contributed by atoms with Crippen LogP contribution in [0.15, 0.2) is 85.1 Å². The van der Waals surface area contributed by atoms with Crippen molar-refractivity contribution in [3.63, 3.8) is 0 Å². The molecule has 3 aromatic carbocycles. The molecule has 0 aliphatic heterocycles. The van der Waals surface area contributed by atoms with E-state index in [2.05, 4.69) is 15.6 Å². The highest BCUT2D eigenvalue weighted by Crippen LogP contribution is 2.27. The summed E-state index contributed by atoms with van der Waals surface area (Å²) in [5, 5.41) is 10.7. The molecule has 0 fully saturated rings. The molecule has 0 saturated carbocycles. The predicted molar refractivity (Wildman–Crippen MR) is 116 cm³/mol. The number of benzene rings is 3. The Morgan fingerprint density at radius 2 is 1.66 bits per heavy atom. The number of nitrogen functional groups attached to an aromatic ring is 1. The summed E-state index contributed by atoms with van der Waals surface area (Å²) in [6.45, 7) is 0. The third-order valence-electron chi connectivity index (χ3n) is 4.37. The van der Waals surface area contributed by atoms with Gasteiger partial charge < -0.3 is 11.1 Å². The van der Waals surface area contributed by atoms with E-state index in [0.717, 1.165) is 16.7 Å². The molecule has 0 bridgehead atoms. The van der Waals surface area contributed by atoms with Crippen molar-refractivity contribution in [3.8, 4) is 11.1 Å². The van der Waals surface area contributed by atoms with Crippen molar-refractivity contribution in [2.45, 2.75) is 0 Å². The minimum absolute atomic E-state index is 0.201. The van der Waals surface area contributed by atoms with Gasteiger partial charge in [0.05, 0.1) is 17.6 Å². The van der Waals surface area contributed by atoms with Gasteiger partial charge in [0.15, 0.2) is 5.69 Å². The van der Waals surface area contributed by atoms with E-state index >= 15 is 0 Å². The molecule has 0 unspecified atom stereocenters. The normalized spacial score (nSPS) is 10.9. The summed E-state index contributed by atoms with van der Waals surface area (Å²) in [6, 6.07) is 25.2. The van der Waals surface area contributed by atoms with Gasteiger partial charge in [-0.2, -0.15) is 0 Å². The quantitative estimate of drug-likeness (QED) is 0.502. The first kappa shape index (κ1) is 18.2. The van der Waals surface area contributed by atoms with Crippen LogP contribution < -0.4 is 11.1 Å². The van der Waals surface area contributed by atoms with E-state index in [1.54, 1.807) is 18.5 Å². The number of carbonyl (C=O) groups is 1. The molecule has 1 aromatic heterocycles. The zero-order valence-corrected chi connectivity index (χ0v) is 15.6. The van der Waals surface area contributed by atoms with Crippen LogP contribution in [0, 0.1) is 0 Å². The van der Waals surface area contributed by atoms with Crippen molar-refractivity contribution < 1.29 is 4.79 Å². The average Bonchev–Trinajstić information content (AvgIpc) is 3.24. The highest BCUT2D eigenvalue weighted by atomic mass is 16.2. The summed E-state index contributed by atoms with van der Waals surface area (Å²) in [4.78, 5) is 12.6. The largest absolute Gasteiger partial charge is 0.397 e. The zero-order valence-electron chi connectivity index (χ0n) is 15.6. The fraction of sp³-hybridized carbons (Fsp3) is 0. The molecule has 0 atom stereocenters. The molecule has 6 nitrogen and oxygen atoms in total. The van der Waals surface area contributed by atoms with E-state index < -0.39 is 0 Å². The van der Waals surface area contributed by atoms with Crippen LogP contribution in [0.3, 0.4) is 0 Å². The van der Waals surface area contributed by atoms with Crippen LogP contribution in [-0.4, -0.2) is 20.9 Å². The molecule has 0 saturated heterocycles. The molecular formula is C23H19N5O. The minimum atomic E-state index is -0.374. The molecule has 29 heavy (non-hydrogen) atoms.